The number of primary amides is 1. The number of amides is 2. The predicted molar refractivity (Wildman–Crippen MR) is 81.6 cm³/mol. The second-order valence-electron chi connectivity index (χ2n) is 5.44. The largest absolute Gasteiger partial charge is 0.497 e. The fourth-order valence-electron chi connectivity index (χ4n) is 2.57. The first kappa shape index (κ1) is 16.1. The number of nitrogens with zero attached hydrogens (tertiary/aromatic N) is 1. The average Bonchev–Trinajstić information content (AvgIpc) is 2.54. The van der Waals surface area contributed by atoms with Crippen LogP contribution in [0.25, 0.3) is 0 Å². The summed E-state index contributed by atoms with van der Waals surface area (Å²) in [4.78, 5) is 25.3. The first-order chi connectivity index (χ1) is 10.5. The number of ether oxygens (including phenoxy) is 2. The summed E-state index contributed by atoms with van der Waals surface area (Å²) in [6, 6.07) is 7.15. The van der Waals surface area contributed by atoms with Crippen molar-refractivity contribution in [2.75, 3.05) is 20.2 Å². The van der Waals surface area contributed by atoms with Crippen LogP contribution in [0, 0.1) is 5.92 Å². The normalized spacial score (nSPS) is 16.9. The monoisotopic (exact) mass is 306 g/mol. The standard InChI is InChI=1S/C16H22N2O4/c1-11(22-14-5-3-4-13(10-14)21-2)16(20)18-8-6-12(7-9-18)15(17)19/h3-5,10-12H,6-9H2,1-2H3,(H2,17,19)/t11-/m1/s1. The molecule has 2 rings (SSSR count). The van der Waals surface area contributed by atoms with E-state index in [1.54, 1.807) is 31.1 Å². The Balaban J connectivity index is 1.91. The minimum atomic E-state index is -0.586. The van der Waals surface area contributed by atoms with E-state index in [9.17, 15) is 9.59 Å². The molecular formula is C16H22N2O4. The zero-order valence-electron chi connectivity index (χ0n) is 13.0. The smallest absolute Gasteiger partial charge is 0.263 e. The molecule has 1 heterocycles. The van der Waals surface area contributed by atoms with Gasteiger partial charge in [-0.05, 0) is 31.9 Å². The van der Waals surface area contributed by atoms with Crippen molar-refractivity contribution in [3.63, 3.8) is 0 Å². The quantitative estimate of drug-likeness (QED) is 0.886. The van der Waals surface area contributed by atoms with Crippen molar-refractivity contribution in [3.8, 4) is 11.5 Å². The van der Waals surface area contributed by atoms with E-state index in [1.807, 2.05) is 12.1 Å². The molecule has 0 unspecified atom stereocenters. The first-order valence-electron chi connectivity index (χ1n) is 7.40. The summed E-state index contributed by atoms with van der Waals surface area (Å²) in [6.07, 6.45) is 0.650. The molecule has 1 aromatic carbocycles. The molecule has 0 spiro atoms. The fraction of sp³-hybridized carbons (Fsp3) is 0.500. The lowest BCUT2D eigenvalue weighted by Gasteiger charge is -2.32. The zero-order valence-corrected chi connectivity index (χ0v) is 13.0. The number of piperidine rings is 1. The molecule has 6 heteroatoms. The van der Waals surface area contributed by atoms with Gasteiger partial charge in [0.2, 0.25) is 5.91 Å². The number of nitrogens with two attached hydrogens (primary N) is 1. The average molecular weight is 306 g/mol. The van der Waals surface area contributed by atoms with Crippen molar-refractivity contribution in [1.82, 2.24) is 4.90 Å². The molecule has 2 N–H and O–H groups in total. The van der Waals surface area contributed by atoms with Crippen molar-refractivity contribution in [2.24, 2.45) is 11.7 Å². The van der Waals surface area contributed by atoms with Gasteiger partial charge in [-0.3, -0.25) is 9.59 Å². The molecule has 1 aliphatic rings. The Morgan fingerprint density at radius 3 is 2.50 bits per heavy atom. The van der Waals surface area contributed by atoms with E-state index in [0.717, 1.165) is 0 Å². The number of rotatable bonds is 5. The van der Waals surface area contributed by atoms with Gasteiger partial charge in [0.15, 0.2) is 6.10 Å². The third kappa shape index (κ3) is 3.90. The maximum atomic E-state index is 12.4. The van der Waals surface area contributed by atoms with Crippen LogP contribution in [0.5, 0.6) is 11.5 Å². The molecule has 1 saturated heterocycles. The molecule has 1 aromatic rings. The van der Waals surface area contributed by atoms with Gasteiger partial charge in [-0.1, -0.05) is 6.07 Å². The summed E-state index contributed by atoms with van der Waals surface area (Å²) in [5.74, 6) is 0.781. The number of hydrogen-bond acceptors (Lipinski definition) is 4. The van der Waals surface area contributed by atoms with Gasteiger partial charge in [0.25, 0.3) is 5.91 Å². The highest BCUT2D eigenvalue weighted by molar-refractivity contribution is 5.82. The van der Waals surface area contributed by atoms with Crippen molar-refractivity contribution in [2.45, 2.75) is 25.9 Å². The third-order valence-electron chi connectivity index (χ3n) is 3.91. The van der Waals surface area contributed by atoms with Gasteiger partial charge < -0.3 is 20.1 Å². The molecule has 0 aliphatic carbocycles. The summed E-state index contributed by atoms with van der Waals surface area (Å²) in [6.45, 7) is 2.80. The Morgan fingerprint density at radius 2 is 1.91 bits per heavy atom. The van der Waals surface area contributed by atoms with Crippen molar-refractivity contribution in [1.29, 1.82) is 0 Å². The topological polar surface area (TPSA) is 81.9 Å². The van der Waals surface area contributed by atoms with Crippen LogP contribution in [0.1, 0.15) is 19.8 Å². The van der Waals surface area contributed by atoms with Crippen LogP contribution in [-0.2, 0) is 9.59 Å². The Hall–Kier alpha value is -2.24. The number of benzene rings is 1. The molecule has 6 nitrogen and oxygen atoms in total. The molecule has 1 aliphatic heterocycles. The van der Waals surface area contributed by atoms with Crippen LogP contribution in [0.3, 0.4) is 0 Å². The van der Waals surface area contributed by atoms with Crippen LogP contribution in [-0.4, -0.2) is 43.0 Å². The maximum absolute atomic E-state index is 12.4. The SMILES string of the molecule is COc1cccc(O[C@H](C)C(=O)N2CCC(C(N)=O)CC2)c1. The van der Waals surface area contributed by atoms with Gasteiger partial charge >= 0.3 is 0 Å². The molecule has 0 bridgehead atoms. The minimum Gasteiger partial charge on any atom is -0.497 e. The van der Waals surface area contributed by atoms with Crippen LogP contribution >= 0.6 is 0 Å². The molecule has 1 fully saturated rings. The highest BCUT2D eigenvalue weighted by Gasteiger charge is 2.29. The first-order valence-corrected chi connectivity index (χ1v) is 7.40. The Bertz CT molecular complexity index is 539. The van der Waals surface area contributed by atoms with Gasteiger partial charge in [0.05, 0.1) is 7.11 Å². The van der Waals surface area contributed by atoms with Crippen molar-refractivity contribution in [3.05, 3.63) is 24.3 Å². The number of methoxy groups -OCH3 is 1. The number of carbonyl (C=O) groups excluding carboxylic acids is 2. The van der Waals surface area contributed by atoms with E-state index < -0.39 is 6.10 Å². The molecule has 0 radical (unpaired) electrons. The third-order valence-corrected chi connectivity index (χ3v) is 3.91. The summed E-state index contributed by atoms with van der Waals surface area (Å²) in [5.41, 5.74) is 5.30. The number of hydrogen-bond donors (Lipinski definition) is 1. The maximum Gasteiger partial charge on any atom is 0.263 e. The van der Waals surface area contributed by atoms with Crippen LogP contribution in [0.4, 0.5) is 0 Å². The minimum absolute atomic E-state index is 0.0780. The Labute approximate surface area is 130 Å². The van der Waals surface area contributed by atoms with Gasteiger partial charge in [-0.2, -0.15) is 0 Å². The van der Waals surface area contributed by atoms with Crippen LogP contribution in [0.15, 0.2) is 24.3 Å². The van der Waals surface area contributed by atoms with Crippen molar-refractivity contribution < 1.29 is 19.1 Å². The van der Waals surface area contributed by atoms with E-state index in [2.05, 4.69) is 0 Å². The van der Waals surface area contributed by atoms with Crippen molar-refractivity contribution >= 4 is 11.8 Å². The van der Waals surface area contributed by atoms with E-state index in [0.29, 0.717) is 37.4 Å². The van der Waals surface area contributed by atoms with Gasteiger partial charge in [0, 0.05) is 25.1 Å². The lowest BCUT2D eigenvalue weighted by Crippen LogP contribution is -2.46. The highest BCUT2D eigenvalue weighted by Crippen LogP contribution is 2.22. The molecular weight excluding hydrogens is 284 g/mol. The zero-order chi connectivity index (χ0) is 16.1. The second kappa shape index (κ2) is 7.15. The highest BCUT2D eigenvalue weighted by atomic mass is 16.5. The summed E-state index contributed by atoms with van der Waals surface area (Å²) < 4.78 is 10.8. The number of carbonyl (C=O) groups is 2. The summed E-state index contributed by atoms with van der Waals surface area (Å²) in [5, 5.41) is 0. The molecule has 2 amide bonds. The van der Waals surface area contributed by atoms with Crippen LogP contribution in [0.2, 0.25) is 0 Å². The summed E-state index contributed by atoms with van der Waals surface area (Å²) in [7, 11) is 1.58. The van der Waals surface area contributed by atoms with E-state index in [-0.39, 0.29) is 17.7 Å². The summed E-state index contributed by atoms with van der Waals surface area (Å²) >= 11 is 0. The van der Waals surface area contributed by atoms with E-state index in [4.69, 9.17) is 15.2 Å². The van der Waals surface area contributed by atoms with E-state index >= 15 is 0 Å². The fourth-order valence-corrected chi connectivity index (χ4v) is 2.57. The molecule has 0 saturated carbocycles. The van der Waals surface area contributed by atoms with Gasteiger partial charge in [-0.25, -0.2) is 0 Å². The Kier molecular flexibility index (Phi) is 5.25. The van der Waals surface area contributed by atoms with Gasteiger partial charge in [0.1, 0.15) is 11.5 Å². The Morgan fingerprint density at radius 1 is 1.27 bits per heavy atom. The lowest BCUT2D eigenvalue weighted by atomic mass is 9.96. The van der Waals surface area contributed by atoms with E-state index in [1.165, 1.54) is 0 Å². The second-order valence-corrected chi connectivity index (χ2v) is 5.44. The predicted octanol–water partition coefficient (Wildman–Crippen LogP) is 1.19. The number of likely N-dealkylation sites (tertiary alicyclic amines) is 1. The van der Waals surface area contributed by atoms with Crippen LogP contribution < -0.4 is 15.2 Å². The van der Waals surface area contributed by atoms with Gasteiger partial charge in [-0.15, -0.1) is 0 Å². The molecule has 0 aromatic heterocycles. The molecule has 22 heavy (non-hydrogen) atoms. The molecule has 1 atom stereocenters. The molecule has 120 valence electrons. The lowest BCUT2D eigenvalue weighted by molar-refractivity contribution is -0.140.